The van der Waals surface area contributed by atoms with Crippen molar-refractivity contribution in [1.29, 1.82) is 0 Å². The van der Waals surface area contributed by atoms with E-state index in [4.69, 9.17) is 4.74 Å². The fourth-order valence-corrected chi connectivity index (χ4v) is 3.23. The van der Waals surface area contributed by atoms with Crippen LogP contribution in [0.4, 0.5) is 0 Å². The number of nitrogens with one attached hydrogen (secondary N) is 2. The smallest absolute Gasteiger partial charge is 0.191 e. The number of ether oxygens (including phenoxy) is 1. The van der Waals surface area contributed by atoms with Crippen molar-refractivity contribution < 1.29 is 4.74 Å². The molecular formula is C23H32N6O. The van der Waals surface area contributed by atoms with Crippen molar-refractivity contribution in [3.8, 4) is 5.75 Å². The number of fused-ring (bicyclic) bond motifs is 1. The van der Waals surface area contributed by atoms with Gasteiger partial charge in [-0.1, -0.05) is 44.4 Å². The van der Waals surface area contributed by atoms with Crippen LogP contribution < -0.4 is 15.4 Å². The van der Waals surface area contributed by atoms with Gasteiger partial charge in [-0.25, -0.2) is 0 Å². The summed E-state index contributed by atoms with van der Waals surface area (Å²) in [5, 5.41) is 15.1. The van der Waals surface area contributed by atoms with E-state index in [0.29, 0.717) is 19.0 Å². The van der Waals surface area contributed by atoms with Crippen LogP contribution in [0.5, 0.6) is 5.75 Å². The summed E-state index contributed by atoms with van der Waals surface area (Å²) in [5.74, 6) is 2.48. The van der Waals surface area contributed by atoms with Crippen molar-refractivity contribution in [1.82, 2.24) is 25.2 Å². The maximum absolute atomic E-state index is 6.08. The highest BCUT2D eigenvalue weighted by Gasteiger charge is 2.08. The second-order valence-electron chi connectivity index (χ2n) is 7.34. The SMILES string of the molecule is CCCCCCOc1cc(C)ccc1CNC(=NC)NCc1nnc2ccccn12. The first-order valence-corrected chi connectivity index (χ1v) is 10.7. The number of guanidine groups is 1. The third-order valence-electron chi connectivity index (χ3n) is 4.95. The predicted molar refractivity (Wildman–Crippen MR) is 121 cm³/mol. The summed E-state index contributed by atoms with van der Waals surface area (Å²) in [6.45, 7) is 6.22. The number of nitrogens with zero attached hydrogens (tertiary/aromatic N) is 4. The normalized spacial score (nSPS) is 11.6. The number of aliphatic imine (C=N–C) groups is 1. The minimum atomic E-state index is 0.527. The summed E-state index contributed by atoms with van der Waals surface area (Å²) >= 11 is 0. The second-order valence-corrected chi connectivity index (χ2v) is 7.34. The zero-order valence-electron chi connectivity index (χ0n) is 18.2. The standard InChI is InChI=1S/C23H32N6O/c1-4-5-6-9-14-30-20-15-18(2)11-12-19(20)16-25-23(24-3)26-17-22-28-27-21-10-7-8-13-29(21)22/h7-8,10-13,15H,4-6,9,14,16-17H2,1-3H3,(H2,24,25,26). The van der Waals surface area contributed by atoms with Gasteiger partial charge in [-0.15, -0.1) is 10.2 Å². The Kier molecular flexibility index (Phi) is 8.06. The van der Waals surface area contributed by atoms with Crippen LogP contribution in [0, 0.1) is 6.92 Å². The van der Waals surface area contributed by atoms with E-state index in [1.54, 1.807) is 7.05 Å². The Morgan fingerprint density at radius 1 is 1.07 bits per heavy atom. The van der Waals surface area contributed by atoms with Gasteiger partial charge in [-0.05, 0) is 37.1 Å². The molecule has 0 amide bonds. The Morgan fingerprint density at radius 2 is 1.93 bits per heavy atom. The Bertz CT molecular complexity index is 965. The topological polar surface area (TPSA) is 75.8 Å². The van der Waals surface area contributed by atoms with E-state index in [9.17, 15) is 0 Å². The molecule has 1 aromatic carbocycles. The number of pyridine rings is 1. The van der Waals surface area contributed by atoms with Crippen LogP contribution in [0.1, 0.15) is 49.6 Å². The fourth-order valence-electron chi connectivity index (χ4n) is 3.23. The maximum atomic E-state index is 6.08. The van der Waals surface area contributed by atoms with E-state index < -0.39 is 0 Å². The molecule has 7 heteroatoms. The van der Waals surface area contributed by atoms with E-state index in [1.807, 2.05) is 28.8 Å². The lowest BCUT2D eigenvalue weighted by atomic mass is 10.1. The van der Waals surface area contributed by atoms with Crippen molar-refractivity contribution in [2.45, 2.75) is 52.6 Å². The predicted octanol–water partition coefficient (Wildman–Crippen LogP) is 3.86. The summed E-state index contributed by atoms with van der Waals surface area (Å²) in [7, 11) is 1.76. The molecular weight excluding hydrogens is 376 g/mol. The number of hydrogen-bond donors (Lipinski definition) is 2. The van der Waals surface area contributed by atoms with Gasteiger partial charge in [-0.2, -0.15) is 0 Å². The van der Waals surface area contributed by atoms with Gasteiger partial charge in [0.05, 0.1) is 13.2 Å². The molecule has 160 valence electrons. The largest absolute Gasteiger partial charge is 0.493 e. The van der Waals surface area contributed by atoms with E-state index >= 15 is 0 Å². The number of rotatable bonds is 10. The van der Waals surface area contributed by atoms with Crippen LogP contribution in [0.15, 0.2) is 47.6 Å². The van der Waals surface area contributed by atoms with Crippen molar-refractivity contribution in [2.24, 2.45) is 4.99 Å². The molecule has 0 aliphatic carbocycles. The van der Waals surface area contributed by atoms with E-state index in [-0.39, 0.29) is 0 Å². The molecule has 3 rings (SSSR count). The number of benzene rings is 1. The Balaban J connectivity index is 1.55. The molecule has 0 saturated carbocycles. The summed E-state index contributed by atoms with van der Waals surface area (Å²) in [4.78, 5) is 4.32. The molecule has 0 unspecified atom stereocenters. The zero-order valence-corrected chi connectivity index (χ0v) is 18.2. The summed E-state index contributed by atoms with van der Waals surface area (Å²) in [6, 6.07) is 12.2. The minimum absolute atomic E-state index is 0.527. The molecule has 3 aromatic rings. The first-order valence-electron chi connectivity index (χ1n) is 10.7. The average molecular weight is 409 g/mol. The van der Waals surface area contributed by atoms with Gasteiger partial charge in [0.25, 0.3) is 0 Å². The Morgan fingerprint density at radius 3 is 2.77 bits per heavy atom. The molecule has 0 bridgehead atoms. The maximum Gasteiger partial charge on any atom is 0.191 e. The fraction of sp³-hybridized carbons (Fsp3) is 0.435. The van der Waals surface area contributed by atoms with Crippen molar-refractivity contribution in [3.63, 3.8) is 0 Å². The molecule has 2 heterocycles. The van der Waals surface area contributed by atoms with Gasteiger partial charge in [0.1, 0.15) is 5.75 Å². The molecule has 0 fully saturated rings. The lowest BCUT2D eigenvalue weighted by Gasteiger charge is -2.15. The van der Waals surface area contributed by atoms with Gasteiger partial charge in [0.2, 0.25) is 0 Å². The van der Waals surface area contributed by atoms with Crippen LogP contribution in [0.3, 0.4) is 0 Å². The third-order valence-corrected chi connectivity index (χ3v) is 4.95. The molecule has 0 spiro atoms. The van der Waals surface area contributed by atoms with Gasteiger partial charge in [0, 0.05) is 25.4 Å². The average Bonchev–Trinajstić information content (AvgIpc) is 3.18. The van der Waals surface area contributed by atoms with Crippen LogP contribution in [0.25, 0.3) is 5.65 Å². The summed E-state index contributed by atoms with van der Waals surface area (Å²) < 4.78 is 8.04. The first-order chi connectivity index (χ1) is 14.7. The Hall–Kier alpha value is -3.09. The molecule has 0 aliphatic heterocycles. The van der Waals surface area contributed by atoms with Crippen LogP contribution in [-0.2, 0) is 13.1 Å². The number of aryl methyl sites for hydroxylation is 1. The highest BCUT2D eigenvalue weighted by molar-refractivity contribution is 5.79. The number of aromatic nitrogens is 3. The monoisotopic (exact) mass is 408 g/mol. The quantitative estimate of drug-likeness (QED) is 0.303. The van der Waals surface area contributed by atoms with E-state index in [1.165, 1.54) is 24.8 Å². The van der Waals surface area contributed by atoms with E-state index in [0.717, 1.165) is 35.8 Å². The van der Waals surface area contributed by atoms with Crippen LogP contribution in [0.2, 0.25) is 0 Å². The number of unbranched alkanes of at least 4 members (excludes halogenated alkanes) is 3. The zero-order chi connectivity index (χ0) is 21.2. The van der Waals surface area contributed by atoms with Crippen molar-refractivity contribution in [2.75, 3.05) is 13.7 Å². The van der Waals surface area contributed by atoms with Gasteiger partial charge >= 0.3 is 0 Å². The van der Waals surface area contributed by atoms with E-state index in [2.05, 4.69) is 57.9 Å². The highest BCUT2D eigenvalue weighted by atomic mass is 16.5. The van der Waals surface area contributed by atoms with Crippen LogP contribution in [-0.4, -0.2) is 34.2 Å². The summed E-state index contributed by atoms with van der Waals surface area (Å²) in [5.41, 5.74) is 3.15. The Labute approximate surface area is 178 Å². The molecule has 2 aromatic heterocycles. The lowest BCUT2D eigenvalue weighted by Crippen LogP contribution is -2.36. The van der Waals surface area contributed by atoms with Crippen molar-refractivity contribution in [3.05, 3.63) is 59.5 Å². The highest BCUT2D eigenvalue weighted by Crippen LogP contribution is 2.21. The summed E-state index contributed by atoms with van der Waals surface area (Å²) in [6.07, 6.45) is 6.75. The van der Waals surface area contributed by atoms with Crippen molar-refractivity contribution >= 4 is 11.6 Å². The minimum Gasteiger partial charge on any atom is -0.493 e. The third kappa shape index (κ3) is 5.95. The molecule has 0 radical (unpaired) electrons. The second kappa shape index (κ2) is 11.2. The molecule has 2 N–H and O–H groups in total. The van der Waals surface area contributed by atoms with Gasteiger partial charge in [-0.3, -0.25) is 9.39 Å². The molecule has 0 saturated heterocycles. The molecule has 30 heavy (non-hydrogen) atoms. The van der Waals surface area contributed by atoms with Crippen LogP contribution >= 0.6 is 0 Å². The lowest BCUT2D eigenvalue weighted by molar-refractivity contribution is 0.301. The molecule has 7 nitrogen and oxygen atoms in total. The first kappa shape index (κ1) is 21.6. The number of hydrogen-bond acceptors (Lipinski definition) is 4. The van der Waals surface area contributed by atoms with Gasteiger partial charge in [0.15, 0.2) is 17.4 Å². The van der Waals surface area contributed by atoms with Gasteiger partial charge < -0.3 is 15.4 Å². The molecule has 0 aliphatic rings. The molecule has 0 atom stereocenters.